The zero-order valence-electron chi connectivity index (χ0n) is 33.0. The van der Waals surface area contributed by atoms with Crippen molar-refractivity contribution < 1.29 is 63.6 Å². The van der Waals surface area contributed by atoms with E-state index < -0.39 is 133 Å². The number of carbonyl (C=O) groups excluding carboxylic acids is 8. The maximum atomic E-state index is 13.7. The molecule has 0 aromatic heterocycles. The predicted molar refractivity (Wildman–Crippen MR) is 204 cm³/mol. The molecular weight excluding hydrogens is 766 g/mol. The molecule has 0 spiro atoms. The lowest BCUT2D eigenvalue weighted by molar-refractivity contribution is -0.142. The quantitative estimate of drug-likeness (QED) is 0.0443. The minimum absolute atomic E-state index is 0.0286. The lowest BCUT2D eigenvalue weighted by Crippen LogP contribution is -2.62. The van der Waals surface area contributed by atoms with E-state index in [0.717, 1.165) is 20.8 Å². The summed E-state index contributed by atoms with van der Waals surface area (Å²) < 4.78 is 0. The largest absolute Gasteiger partial charge is 0.508 e. The Balaban J connectivity index is 3.39. The number of carboxylic acids is 1. The molecule has 0 bridgehead atoms. The third kappa shape index (κ3) is 17.9. The number of aromatic hydroxyl groups is 1. The van der Waals surface area contributed by atoms with Crippen LogP contribution in [-0.4, -0.2) is 128 Å². The number of benzene rings is 1. The average molecular weight is 824 g/mol. The number of carbonyl (C=O) groups is 9. The summed E-state index contributed by atoms with van der Waals surface area (Å²) >= 11 is 0. The second kappa shape index (κ2) is 24.0. The highest BCUT2D eigenvalue weighted by Crippen LogP contribution is 2.13. The summed E-state index contributed by atoms with van der Waals surface area (Å²) in [5, 5.41) is 53.3. The summed E-state index contributed by atoms with van der Waals surface area (Å²) in [6.07, 6.45) is -4.96. The number of amides is 8. The Labute approximate surface area is 334 Å². The summed E-state index contributed by atoms with van der Waals surface area (Å²) in [6.45, 7) is 7.02. The third-order valence-electron chi connectivity index (χ3n) is 8.55. The van der Waals surface area contributed by atoms with Crippen LogP contribution in [0.1, 0.15) is 72.3 Å². The number of hydrogen-bond acceptors (Lipinski definition) is 13. The van der Waals surface area contributed by atoms with Crippen molar-refractivity contribution in [1.82, 2.24) is 31.9 Å². The van der Waals surface area contributed by atoms with E-state index in [2.05, 4.69) is 31.9 Å². The molecule has 8 amide bonds. The molecule has 0 heterocycles. The van der Waals surface area contributed by atoms with Crippen LogP contribution >= 0.6 is 0 Å². The zero-order valence-corrected chi connectivity index (χ0v) is 33.0. The first-order valence-electron chi connectivity index (χ1n) is 18.4. The molecule has 0 aliphatic carbocycles. The first-order valence-corrected chi connectivity index (χ1v) is 18.4. The molecule has 0 aliphatic rings. The van der Waals surface area contributed by atoms with Gasteiger partial charge in [0.15, 0.2) is 0 Å². The van der Waals surface area contributed by atoms with Gasteiger partial charge in [-0.1, -0.05) is 26.0 Å². The number of aliphatic hydroxyl groups excluding tert-OH is 2. The van der Waals surface area contributed by atoms with Gasteiger partial charge in [-0.25, -0.2) is 0 Å². The van der Waals surface area contributed by atoms with Crippen LogP contribution in [0.4, 0.5) is 0 Å². The molecule has 0 fully saturated rings. The van der Waals surface area contributed by atoms with Crippen molar-refractivity contribution in [3.05, 3.63) is 29.8 Å². The molecule has 9 atom stereocenters. The maximum absolute atomic E-state index is 13.7. The van der Waals surface area contributed by atoms with Crippen LogP contribution in [0.3, 0.4) is 0 Å². The summed E-state index contributed by atoms with van der Waals surface area (Å²) in [4.78, 5) is 115. The Morgan fingerprint density at radius 2 is 0.983 bits per heavy atom. The SMILES string of the molecule is CC(C)C[C@H](N)C(=O)N[C@@H](Cc1ccc(O)cc1)C(=O)N[C@@H](CCC(N)=O)C(=O)N[C@H](C(=O)N[C@@H](CCC(N)=O)C(=O)N[C@H](C(=O)N[C@@H](C)C(=O)O)[C@@H](C)O)[C@@H](C)O. The smallest absolute Gasteiger partial charge is 0.325 e. The van der Waals surface area contributed by atoms with Crippen LogP contribution < -0.4 is 49.1 Å². The third-order valence-corrected chi connectivity index (χ3v) is 8.55. The number of nitrogens with two attached hydrogens (primary N) is 3. The van der Waals surface area contributed by atoms with Gasteiger partial charge in [0.1, 0.15) is 42.0 Å². The standard InChI is InChI=1S/C36H57N9O13/c1-16(2)14-22(37)30(51)43-25(15-20-6-8-21(48)9-7-20)33(54)41-23(10-12-26(38)49)31(52)45-29(19(5)47)35(56)42-24(11-13-27(39)50)32(53)44-28(18(4)46)34(55)40-17(3)36(57)58/h6-9,16-19,22-25,28-29,46-48H,10-15,37H2,1-5H3,(H2,38,49)(H2,39,50)(H,40,55)(H,41,54)(H,42,56)(H,43,51)(H,44,53)(H,45,52)(H,57,58)/t17-,18+,19+,22-,23-,24-,25-,28-,29-/m0/s1. The average Bonchev–Trinajstić information content (AvgIpc) is 3.12. The van der Waals surface area contributed by atoms with Crippen molar-refractivity contribution in [1.29, 1.82) is 0 Å². The van der Waals surface area contributed by atoms with E-state index in [9.17, 15) is 58.5 Å². The number of primary amides is 2. The molecule has 1 rings (SSSR count). The molecule has 0 unspecified atom stereocenters. The Morgan fingerprint density at radius 1 is 0.586 bits per heavy atom. The molecule has 0 saturated heterocycles. The summed E-state index contributed by atoms with van der Waals surface area (Å²) in [6, 6.07) is -4.95. The van der Waals surface area contributed by atoms with Crippen molar-refractivity contribution in [2.75, 3.05) is 0 Å². The number of hydrogen-bond donors (Lipinski definition) is 13. The van der Waals surface area contributed by atoms with Crippen LogP contribution in [0.2, 0.25) is 0 Å². The Bertz CT molecular complexity index is 1620. The number of aliphatic carboxylic acids is 1. The van der Waals surface area contributed by atoms with Gasteiger partial charge in [-0.3, -0.25) is 43.2 Å². The number of aliphatic hydroxyl groups is 2. The molecule has 58 heavy (non-hydrogen) atoms. The summed E-state index contributed by atoms with van der Waals surface area (Å²) in [5.74, 6) is -9.37. The minimum atomic E-state index is -1.86. The highest BCUT2D eigenvalue weighted by atomic mass is 16.4. The topological polar surface area (TPSA) is 385 Å². The molecule has 0 aliphatic heterocycles. The summed E-state index contributed by atoms with van der Waals surface area (Å²) in [5.41, 5.74) is 17.1. The van der Waals surface area contributed by atoms with Gasteiger partial charge in [-0.15, -0.1) is 0 Å². The fourth-order valence-electron chi connectivity index (χ4n) is 5.30. The van der Waals surface area contributed by atoms with Gasteiger partial charge in [0.25, 0.3) is 0 Å². The van der Waals surface area contributed by atoms with E-state index in [4.69, 9.17) is 22.3 Å². The molecule has 16 N–H and O–H groups in total. The predicted octanol–water partition coefficient (Wildman–Crippen LogP) is -4.39. The van der Waals surface area contributed by atoms with E-state index in [0.29, 0.717) is 5.56 Å². The molecular formula is C36H57N9O13. The molecule has 22 heteroatoms. The maximum Gasteiger partial charge on any atom is 0.325 e. The monoisotopic (exact) mass is 823 g/mol. The van der Waals surface area contributed by atoms with Crippen LogP contribution in [0.15, 0.2) is 24.3 Å². The lowest BCUT2D eigenvalue weighted by atomic mass is 10.0. The molecule has 22 nitrogen and oxygen atoms in total. The van der Waals surface area contributed by atoms with Gasteiger partial charge < -0.3 is 69.5 Å². The molecule has 324 valence electrons. The van der Waals surface area contributed by atoms with E-state index in [1.54, 1.807) is 0 Å². The van der Waals surface area contributed by atoms with Crippen LogP contribution in [0.25, 0.3) is 0 Å². The number of nitrogens with one attached hydrogen (secondary N) is 6. The van der Waals surface area contributed by atoms with Gasteiger partial charge in [0.2, 0.25) is 47.3 Å². The van der Waals surface area contributed by atoms with Gasteiger partial charge in [-0.05, 0) is 63.6 Å². The summed E-state index contributed by atoms with van der Waals surface area (Å²) in [7, 11) is 0. The molecule has 1 aromatic rings. The van der Waals surface area contributed by atoms with Gasteiger partial charge in [-0.2, -0.15) is 0 Å². The van der Waals surface area contributed by atoms with E-state index in [-0.39, 0.29) is 24.5 Å². The van der Waals surface area contributed by atoms with Crippen LogP contribution in [0, 0.1) is 5.92 Å². The number of carboxylic acid groups (broad SMARTS) is 1. The van der Waals surface area contributed by atoms with Crippen molar-refractivity contribution >= 4 is 53.2 Å². The number of phenols is 1. The van der Waals surface area contributed by atoms with Crippen molar-refractivity contribution in [2.45, 2.75) is 128 Å². The van der Waals surface area contributed by atoms with Crippen LogP contribution in [-0.2, 0) is 49.6 Å². The number of rotatable bonds is 25. The van der Waals surface area contributed by atoms with Crippen molar-refractivity contribution in [3.63, 3.8) is 0 Å². The fraction of sp³-hybridized carbons (Fsp3) is 0.583. The molecule has 1 aromatic carbocycles. The highest BCUT2D eigenvalue weighted by molar-refractivity contribution is 5.97. The molecule has 0 saturated carbocycles. The van der Waals surface area contributed by atoms with Gasteiger partial charge >= 0.3 is 5.97 Å². The van der Waals surface area contributed by atoms with Gasteiger partial charge in [0, 0.05) is 19.3 Å². The first kappa shape index (κ1) is 50.1. The van der Waals surface area contributed by atoms with E-state index >= 15 is 0 Å². The zero-order chi connectivity index (χ0) is 44.4. The second-order valence-electron chi connectivity index (χ2n) is 14.3. The minimum Gasteiger partial charge on any atom is -0.508 e. The first-order chi connectivity index (χ1) is 26.9. The van der Waals surface area contributed by atoms with Crippen molar-refractivity contribution in [2.24, 2.45) is 23.1 Å². The fourth-order valence-corrected chi connectivity index (χ4v) is 5.30. The Kier molecular flexibility index (Phi) is 20.8. The lowest BCUT2D eigenvalue weighted by Gasteiger charge is -2.29. The normalized spacial score (nSPS) is 15.7. The Morgan fingerprint density at radius 3 is 1.38 bits per heavy atom. The van der Waals surface area contributed by atoms with Gasteiger partial charge in [0.05, 0.1) is 18.2 Å². The van der Waals surface area contributed by atoms with E-state index in [1.807, 2.05) is 13.8 Å². The Hall–Kier alpha value is -5.87. The van der Waals surface area contributed by atoms with E-state index in [1.165, 1.54) is 24.3 Å². The number of phenolic OH excluding ortho intramolecular Hbond substituents is 1. The molecule has 0 radical (unpaired) electrons. The van der Waals surface area contributed by atoms with Crippen molar-refractivity contribution in [3.8, 4) is 5.75 Å². The second-order valence-corrected chi connectivity index (χ2v) is 14.3. The van der Waals surface area contributed by atoms with Crippen LogP contribution in [0.5, 0.6) is 5.75 Å². The highest BCUT2D eigenvalue weighted by Gasteiger charge is 2.36.